The maximum absolute atomic E-state index is 11.3. The molecule has 0 aliphatic carbocycles. The summed E-state index contributed by atoms with van der Waals surface area (Å²) in [7, 11) is 1.23. The van der Waals surface area contributed by atoms with E-state index in [1.165, 1.54) is 19.2 Å². The van der Waals surface area contributed by atoms with Crippen molar-refractivity contribution < 1.29 is 19.4 Å². The Labute approximate surface area is 86.5 Å². The first kappa shape index (κ1) is 11.2. The molecular weight excluding hydrogens is 198 g/mol. The smallest absolute Gasteiger partial charge is 0.338 e. The zero-order valence-electron chi connectivity index (χ0n) is 8.14. The molecule has 0 aliphatic rings. The predicted molar refractivity (Wildman–Crippen MR) is 52.3 cm³/mol. The highest BCUT2D eigenvalue weighted by molar-refractivity contribution is 5.93. The van der Waals surface area contributed by atoms with Gasteiger partial charge in [0.25, 0.3) is 0 Å². The van der Waals surface area contributed by atoms with Gasteiger partial charge >= 0.3 is 11.9 Å². The minimum atomic E-state index is -1.22. The van der Waals surface area contributed by atoms with Gasteiger partial charge in [-0.15, -0.1) is 0 Å². The number of aliphatic carboxylic acids is 1. The van der Waals surface area contributed by atoms with E-state index in [0.717, 1.165) is 0 Å². The lowest BCUT2D eigenvalue weighted by Crippen LogP contribution is -2.23. The van der Waals surface area contributed by atoms with Crippen LogP contribution in [0.5, 0.6) is 0 Å². The zero-order chi connectivity index (χ0) is 11.4. The summed E-state index contributed by atoms with van der Waals surface area (Å²) in [4.78, 5) is 22.0. The summed E-state index contributed by atoms with van der Waals surface area (Å²) >= 11 is 0. The summed E-state index contributed by atoms with van der Waals surface area (Å²) in [5.74, 6) is -1.78. The lowest BCUT2D eigenvalue weighted by Gasteiger charge is -2.10. The fourth-order valence-electron chi connectivity index (χ4n) is 1.20. The number of hydrogen-bond donors (Lipinski definition) is 2. The summed E-state index contributed by atoms with van der Waals surface area (Å²) in [5, 5.41) is 8.74. The Hall–Kier alpha value is -1.88. The quantitative estimate of drug-likeness (QED) is 0.710. The highest BCUT2D eigenvalue weighted by Gasteiger charge is 2.21. The van der Waals surface area contributed by atoms with Crippen LogP contribution >= 0.6 is 0 Å². The number of benzene rings is 1. The van der Waals surface area contributed by atoms with Crippen LogP contribution in [0, 0.1) is 0 Å². The van der Waals surface area contributed by atoms with Crippen LogP contribution in [0.4, 0.5) is 0 Å². The molecule has 1 rings (SSSR count). The Balaban J connectivity index is 3.17. The predicted octanol–water partition coefficient (Wildman–Crippen LogP) is 0.558. The van der Waals surface area contributed by atoms with Gasteiger partial charge in [0.1, 0.15) is 6.04 Å². The second-order valence-corrected chi connectivity index (χ2v) is 2.89. The molecule has 0 radical (unpaired) electrons. The fourth-order valence-corrected chi connectivity index (χ4v) is 1.20. The number of hydrogen-bond acceptors (Lipinski definition) is 4. The molecule has 0 aliphatic heterocycles. The third-order valence-corrected chi connectivity index (χ3v) is 1.97. The number of esters is 1. The van der Waals surface area contributed by atoms with Crippen LogP contribution in [0.3, 0.4) is 0 Å². The second-order valence-electron chi connectivity index (χ2n) is 2.89. The molecule has 1 atom stereocenters. The van der Waals surface area contributed by atoms with E-state index in [1.54, 1.807) is 12.1 Å². The number of carbonyl (C=O) groups is 2. The minimum absolute atomic E-state index is 0.176. The number of rotatable bonds is 3. The van der Waals surface area contributed by atoms with E-state index in [4.69, 9.17) is 10.8 Å². The fraction of sp³-hybridized carbons (Fsp3) is 0.200. The second kappa shape index (κ2) is 4.56. The van der Waals surface area contributed by atoms with Crippen molar-refractivity contribution in [3.8, 4) is 0 Å². The average molecular weight is 209 g/mol. The van der Waals surface area contributed by atoms with Crippen LogP contribution in [-0.4, -0.2) is 24.2 Å². The number of carbonyl (C=O) groups excluding carboxylic acids is 1. The van der Waals surface area contributed by atoms with Crippen molar-refractivity contribution in [1.82, 2.24) is 0 Å². The van der Waals surface area contributed by atoms with Crippen molar-refractivity contribution in [3.05, 3.63) is 35.4 Å². The molecule has 0 spiro atoms. The first-order valence-corrected chi connectivity index (χ1v) is 4.23. The van der Waals surface area contributed by atoms with Crippen molar-refractivity contribution in [1.29, 1.82) is 0 Å². The molecule has 1 aromatic rings. The Kier molecular flexibility index (Phi) is 3.41. The maximum atomic E-state index is 11.3. The first-order valence-electron chi connectivity index (χ1n) is 4.23. The Morgan fingerprint density at radius 1 is 1.40 bits per heavy atom. The molecule has 0 fully saturated rings. The summed E-state index contributed by atoms with van der Waals surface area (Å²) in [6.07, 6.45) is 0. The van der Waals surface area contributed by atoms with Crippen molar-refractivity contribution in [2.75, 3.05) is 7.11 Å². The van der Waals surface area contributed by atoms with Gasteiger partial charge in [0.15, 0.2) is 0 Å². The van der Waals surface area contributed by atoms with E-state index >= 15 is 0 Å². The molecule has 0 saturated heterocycles. The zero-order valence-corrected chi connectivity index (χ0v) is 8.14. The maximum Gasteiger partial charge on any atom is 0.338 e. The first-order chi connectivity index (χ1) is 7.07. The largest absolute Gasteiger partial charge is 0.480 e. The molecule has 5 heteroatoms. The third-order valence-electron chi connectivity index (χ3n) is 1.97. The van der Waals surface area contributed by atoms with E-state index in [1.807, 2.05) is 0 Å². The summed E-state index contributed by atoms with van der Waals surface area (Å²) < 4.78 is 4.52. The van der Waals surface area contributed by atoms with Crippen LogP contribution in [0.15, 0.2) is 24.3 Å². The van der Waals surface area contributed by atoms with Crippen molar-refractivity contribution in [2.24, 2.45) is 5.73 Å². The van der Waals surface area contributed by atoms with Crippen LogP contribution < -0.4 is 5.73 Å². The van der Waals surface area contributed by atoms with Crippen molar-refractivity contribution in [2.45, 2.75) is 6.04 Å². The summed E-state index contributed by atoms with van der Waals surface area (Å²) in [5.41, 5.74) is 5.85. The number of carboxylic acids is 1. The minimum Gasteiger partial charge on any atom is -0.480 e. The van der Waals surface area contributed by atoms with Gasteiger partial charge in [0.2, 0.25) is 0 Å². The molecule has 80 valence electrons. The highest BCUT2D eigenvalue weighted by atomic mass is 16.5. The van der Waals surface area contributed by atoms with E-state index in [0.29, 0.717) is 0 Å². The Bertz CT molecular complexity index is 389. The Morgan fingerprint density at radius 3 is 2.53 bits per heavy atom. The van der Waals surface area contributed by atoms with E-state index < -0.39 is 18.0 Å². The van der Waals surface area contributed by atoms with Crippen LogP contribution in [0.1, 0.15) is 22.0 Å². The average Bonchev–Trinajstić information content (AvgIpc) is 2.27. The van der Waals surface area contributed by atoms with Gasteiger partial charge < -0.3 is 15.6 Å². The molecule has 0 aromatic heterocycles. The normalized spacial score (nSPS) is 11.9. The van der Waals surface area contributed by atoms with Crippen molar-refractivity contribution in [3.63, 3.8) is 0 Å². The molecule has 0 unspecified atom stereocenters. The molecule has 0 heterocycles. The third kappa shape index (κ3) is 2.32. The van der Waals surface area contributed by atoms with Gasteiger partial charge in [-0.05, 0) is 11.6 Å². The molecular formula is C10H11NO4. The molecule has 1 aromatic carbocycles. The molecule has 0 bridgehead atoms. The summed E-state index contributed by atoms with van der Waals surface area (Å²) in [6.45, 7) is 0. The van der Waals surface area contributed by atoms with Crippen molar-refractivity contribution >= 4 is 11.9 Å². The molecule has 0 saturated carbocycles. The van der Waals surface area contributed by atoms with Gasteiger partial charge in [-0.3, -0.25) is 4.79 Å². The van der Waals surface area contributed by atoms with Gasteiger partial charge in [-0.2, -0.15) is 0 Å². The standard InChI is InChI=1S/C10H11NO4/c1-15-10(14)7-5-3-2-4-6(7)8(11)9(12)13/h2-5,8H,11H2,1H3,(H,12,13)/t8-/m0/s1. The Morgan fingerprint density at radius 2 is 2.00 bits per heavy atom. The van der Waals surface area contributed by atoms with Crippen LogP contribution in [0.2, 0.25) is 0 Å². The number of carboxylic acid groups (broad SMARTS) is 1. The van der Waals surface area contributed by atoms with E-state index in [9.17, 15) is 9.59 Å². The van der Waals surface area contributed by atoms with Crippen LogP contribution in [0.25, 0.3) is 0 Å². The van der Waals surface area contributed by atoms with Gasteiger partial charge in [0.05, 0.1) is 12.7 Å². The topological polar surface area (TPSA) is 89.6 Å². The lowest BCUT2D eigenvalue weighted by atomic mass is 10.0. The van der Waals surface area contributed by atoms with Gasteiger partial charge in [0, 0.05) is 0 Å². The van der Waals surface area contributed by atoms with Crippen LogP contribution in [-0.2, 0) is 9.53 Å². The molecule has 15 heavy (non-hydrogen) atoms. The SMILES string of the molecule is COC(=O)c1ccccc1[C@H](N)C(=O)O. The number of ether oxygens (including phenoxy) is 1. The number of methoxy groups -OCH3 is 1. The number of nitrogens with two attached hydrogens (primary N) is 1. The molecule has 5 nitrogen and oxygen atoms in total. The van der Waals surface area contributed by atoms with E-state index in [2.05, 4.69) is 4.74 Å². The monoisotopic (exact) mass is 209 g/mol. The highest BCUT2D eigenvalue weighted by Crippen LogP contribution is 2.17. The lowest BCUT2D eigenvalue weighted by molar-refractivity contribution is -0.138. The van der Waals surface area contributed by atoms with E-state index in [-0.39, 0.29) is 11.1 Å². The van der Waals surface area contributed by atoms with Gasteiger partial charge in [-0.1, -0.05) is 18.2 Å². The van der Waals surface area contributed by atoms with Gasteiger partial charge in [-0.25, -0.2) is 4.79 Å². The summed E-state index contributed by atoms with van der Waals surface area (Å²) in [6, 6.07) is 4.98. The molecule has 3 N–H and O–H groups in total. The molecule has 0 amide bonds.